The van der Waals surface area contributed by atoms with Crippen molar-refractivity contribution in [3.63, 3.8) is 0 Å². The zero-order chi connectivity index (χ0) is 13.9. The number of rotatable bonds is 3. The van der Waals surface area contributed by atoms with Gasteiger partial charge in [0.25, 0.3) is 0 Å². The van der Waals surface area contributed by atoms with E-state index in [1.54, 1.807) is 6.92 Å². The van der Waals surface area contributed by atoms with Crippen LogP contribution in [0.15, 0.2) is 34.9 Å². The minimum Gasteiger partial charge on any atom is -0.478 e. The molecule has 0 heterocycles. The average molecular weight is 248 g/mol. The summed E-state index contributed by atoms with van der Waals surface area (Å²) < 4.78 is 0. The van der Waals surface area contributed by atoms with Gasteiger partial charge in [0.05, 0.1) is 0 Å². The smallest absolute Gasteiger partial charge is 0.328 e. The summed E-state index contributed by atoms with van der Waals surface area (Å²) in [4.78, 5) is 22.2. The van der Waals surface area contributed by atoms with Gasteiger partial charge in [0.2, 0.25) is 0 Å². The van der Waals surface area contributed by atoms with E-state index in [9.17, 15) is 9.59 Å². The van der Waals surface area contributed by atoms with Crippen LogP contribution >= 0.6 is 0 Å². The van der Waals surface area contributed by atoms with Gasteiger partial charge in [-0.1, -0.05) is 24.6 Å². The second-order valence-corrected chi connectivity index (χ2v) is 5.02. The van der Waals surface area contributed by atoms with Crippen LogP contribution in [0.5, 0.6) is 0 Å². The van der Waals surface area contributed by atoms with E-state index in [-0.39, 0.29) is 17.6 Å². The van der Waals surface area contributed by atoms with Crippen molar-refractivity contribution in [2.45, 2.75) is 34.1 Å². The normalized spacial score (nSPS) is 26.0. The molecule has 0 radical (unpaired) electrons. The molecule has 1 aliphatic carbocycles. The molecule has 3 nitrogen and oxygen atoms in total. The predicted molar refractivity (Wildman–Crippen MR) is 71.2 cm³/mol. The topological polar surface area (TPSA) is 54.4 Å². The maximum absolute atomic E-state index is 11.7. The Labute approximate surface area is 108 Å². The molecule has 0 aromatic heterocycles. The standard InChI is InChI=1S/C15H20O3/c1-9(7-15(17)18)5-6-13-10(2)8-14(16)12(4)11(13)3/h5-7,10,13H,8H2,1-4H3,(H,17,18)/b6-5+,9-7+. The Morgan fingerprint density at radius 2 is 2.00 bits per heavy atom. The lowest BCUT2D eigenvalue weighted by atomic mass is 9.76. The first-order chi connectivity index (χ1) is 8.32. The van der Waals surface area contributed by atoms with Crippen LogP contribution in [0.25, 0.3) is 0 Å². The number of aliphatic carboxylic acids is 1. The van der Waals surface area contributed by atoms with Crippen molar-refractivity contribution in [3.05, 3.63) is 34.9 Å². The molecular weight excluding hydrogens is 228 g/mol. The van der Waals surface area contributed by atoms with Crippen LogP contribution in [0.4, 0.5) is 0 Å². The Morgan fingerprint density at radius 3 is 2.56 bits per heavy atom. The summed E-state index contributed by atoms with van der Waals surface area (Å²) in [5.41, 5.74) is 2.65. The molecule has 0 amide bonds. The maximum Gasteiger partial charge on any atom is 0.328 e. The number of Topliss-reactive ketones (excluding diaryl/α,β-unsaturated/α-hetero) is 1. The van der Waals surface area contributed by atoms with Crippen LogP contribution in [0.3, 0.4) is 0 Å². The van der Waals surface area contributed by atoms with Gasteiger partial charge in [-0.05, 0) is 37.8 Å². The van der Waals surface area contributed by atoms with Crippen molar-refractivity contribution in [2.24, 2.45) is 11.8 Å². The monoisotopic (exact) mass is 248 g/mol. The van der Waals surface area contributed by atoms with E-state index in [1.165, 1.54) is 6.08 Å². The number of ketones is 1. The summed E-state index contributed by atoms with van der Waals surface area (Å²) in [5, 5.41) is 8.64. The zero-order valence-electron chi connectivity index (χ0n) is 11.4. The van der Waals surface area contributed by atoms with E-state index in [0.29, 0.717) is 12.0 Å². The molecular formula is C15H20O3. The third-order valence-corrected chi connectivity index (χ3v) is 3.55. The molecule has 0 aliphatic heterocycles. The lowest BCUT2D eigenvalue weighted by Crippen LogP contribution is -2.23. The quantitative estimate of drug-likeness (QED) is 0.616. The highest BCUT2D eigenvalue weighted by molar-refractivity contribution is 5.96. The van der Waals surface area contributed by atoms with E-state index in [4.69, 9.17) is 5.11 Å². The molecule has 0 saturated carbocycles. The number of carboxylic acids is 1. The molecule has 3 heteroatoms. The SMILES string of the molecule is CC1=C(C)C(/C=C/C(C)=C/C(=O)O)C(C)CC1=O. The molecule has 0 spiro atoms. The molecule has 0 saturated heterocycles. The van der Waals surface area contributed by atoms with Crippen molar-refractivity contribution in [1.82, 2.24) is 0 Å². The van der Waals surface area contributed by atoms with E-state index >= 15 is 0 Å². The van der Waals surface area contributed by atoms with Crippen molar-refractivity contribution >= 4 is 11.8 Å². The van der Waals surface area contributed by atoms with Gasteiger partial charge in [-0.2, -0.15) is 0 Å². The molecule has 98 valence electrons. The number of carboxylic acid groups (broad SMARTS) is 1. The van der Waals surface area contributed by atoms with Gasteiger partial charge in [0.1, 0.15) is 0 Å². The van der Waals surface area contributed by atoms with Crippen LogP contribution in [-0.2, 0) is 9.59 Å². The summed E-state index contributed by atoms with van der Waals surface area (Å²) in [6.07, 6.45) is 5.58. The number of hydrogen-bond acceptors (Lipinski definition) is 2. The molecule has 1 N–H and O–H groups in total. The Balaban J connectivity index is 2.93. The summed E-state index contributed by atoms with van der Waals surface area (Å²) in [7, 11) is 0. The summed E-state index contributed by atoms with van der Waals surface area (Å²) >= 11 is 0. The second kappa shape index (κ2) is 5.80. The summed E-state index contributed by atoms with van der Waals surface area (Å²) in [5.74, 6) is -0.218. The van der Waals surface area contributed by atoms with Gasteiger partial charge in [0, 0.05) is 18.4 Å². The minimum absolute atomic E-state index is 0.222. The van der Waals surface area contributed by atoms with E-state index in [2.05, 4.69) is 6.92 Å². The molecule has 2 unspecified atom stereocenters. The highest BCUT2D eigenvalue weighted by Gasteiger charge is 2.27. The summed E-state index contributed by atoms with van der Waals surface area (Å²) in [6.45, 7) is 7.66. The highest BCUT2D eigenvalue weighted by atomic mass is 16.4. The van der Waals surface area contributed by atoms with Crippen molar-refractivity contribution in [1.29, 1.82) is 0 Å². The molecule has 0 aromatic carbocycles. The van der Waals surface area contributed by atoms with Gasteiger partial charge in [0.15, 0.2) is 5.78 Å². The molecule has 0 bridgehead atoms. The summed E-state index contributed by atoms with van der Waals surface area (Å²) in [6, 6.07) is 0. The van der Waals surface area contributed by atoms with Gasteiger partial charge in [-0.15, -0.1) is 0 Å². The minimum atomic E-state index is -0.938. The Morgan fingerprint density at radius 1 is 1.39 bits per heavy atom. The van der Waals surface area contributed by atoms with Crippen LogP contribution in [0.2, 0.25) is 0 Å². The molecule has 0 aromatic rings. The maximum atomic E-state index is 11.7. The zero-order valence-corrected chi connectivity index (χ0v) is 11.4. The third kappa shape index (κ3) is 3.42. The average Bonchev–Trinajstić information content (AvgIpc) is 2.25. The van der Waals surface area contributed by atoms with Crippen LogP contribution in [0, 0.1) is 11.8 Å². The largest absolute Gasteiger partial charge is 0.478 e. The predicted octanol–water partition coefficient (Wildman–Crippen LogP) is 3.14. The number of allylic oxidation sites excluding steroid dienone is 5. The van der Waals surface area contributed by atoms with Crippen LogP contribution in [0.1, 0.15) is 34.1 Å². The second-order valence-electron chi connectivity index (χ2n) is 5.02. The number of hydrogen-bond donors (Lipinski definition) is 1. The van der Waals surface area contributed by atoms with Crippen LogP contribution < -0.4 is 0 Å². The lowest BCUT2D eigenvalue weighted by Gasteiger charge is -2.28. The molecule has 18 heavy (non-hydrogen) atoms. The van der Waals surface area contributed by atoms with Gasteiger partial charge < -0.3 is 5.11 Å². The first kappa shape index (κ1) is 14.4. The van der Waals surface area contributed by atoms with E-state index in [0.717, 1.165) is 11.1 Å². The van der Waals surface area contributed by atoms with E-state index < -0.39 is 5.97 Å². The lowest BCUT2D eigenvalue weighted by molar-refractivity contribution is -0.131. The van der Waals surface area contributed by atoms with Gasteiger partial charge in [-0.25, -0.2) is 4.79 Å². The Bertz CT molecular complexity index is 452. The molecule has 0 fully saturated rings. The van der Waals surface area contributed by atoms with Gasteiger partial charge >= 0.3 is 5.97 Å². The van der Waals surface area contributed by atoms with Crippen molar-refractivity contribution in [3.8, 4) is 0 Å². The number of carbonyl (C=O) groups excluding carboxylic acids is 1. The first-order valence-corrected chi connectivity index (χ1v) is 6.13. The highest BCUT2D eigenvalue weighted by Crippen LogP contribution is 2.33. The van der Waals surface area contributed by atoms with Crippen LogP contribution in [-0.4, -0.2) is 16.9 Å². The fraction of sp³-hybridized carbons (Fsp3) is 0.467. The van der Waals surface area contributed by atoms with Crippen molar-refractivity contribution in [2.75, 3.05) is 0 Å². The first-order valence-electron chi connectivity index (χ1n) is 6.13. The Hall–Kier alpha value is -1.64. The fourth-order valence-corrected chi connectivity index (χ4v) is 2.30. The molecule has 2 atom stereocenters. The molecule has 1 aliphatic rings. The Kier molecular flexibility index (Phi) is 4.65. The number of carbonyl (C=O) groups is 2. The fourth-order valence-electron chi connectivity index (χ4n) is 2.30. The molecule has 1 rings (SSSR count). The third-order valence-electron chi connectivity index (χ3n) is 3.55. The van der Waals surface area contributed by atoms with E-state index in [1.807, 2.05) is 26.0 Å². The van der Waals surface area contributed by atoms with Gasteiger partial charge in [-0.3, -0.25) is 4.79 Å². The van der Waals surface area contributed by atoms with Crippen molar-refractivity contribution < 1.29 is 14.7 Å².